The maximum Gasteiger partial charge on any atom is 0.268 e. The summed E-state index contributed by atoms with van der Waals surface area (Å²) in [6.45, 7) is 1.32. The molecule has 6 nitrogen and oxygen atoms in total. The number of aromatic amines is 1. The van der Waals surface area contributed by atoms with Crippen molar-refractivity contribution < 1.29 is 4.79 Å². The normalized spacial score (nSPS) is 18.2. The molecule has 7 heteroatoms. The third-order valence-corrected chi connectivity index (χ3v) is 4.66. The number of nitrogens with zero attached hydrogens (tertiary/aromatic N) is 2. The number of carbonyl (C=O) groups excluding carboxylic acids is 1. The van der Waals surface area contributed by atoms with Crippen LogP contribution in [0.1, 0.15) is 25.1 Å². The smallest absolute Gasteiger partial charge is 0.268 e. The summed E-state index contributed by atoms with van der Waals surface area (Å²) < 4.78 is 0.628. The third-order valence-electron chi connectivity index (χ3n) is 3.76. The number of H-pyrrole nitrogens is 1. The Morgan fingerprint density at radius 2 is 2.43 bits per heavy atom. The van der Waals surface area contributed by atoms with Crippen LogP contribution in [0.2, 0.25) is 0 Å². The summed E-state index contributed by atoms with van der Waals surface area (Å²) in [5.74, 6) is 0.601. The van der Waals surface area contributed by atoms with E-state index in [1.807, 2.05) is 11.4 Å². The Morgan fingerprint density at radius 3 is 3.19 bits per heavy atom. The first-order chi connectivity index (χ1) is 10.1. The molecule has 0 bridgehead atoms. The number of hydrogen-bond donors (Lipinski definition) is 2. The topological polar surface area (TPSA) is 78.1 Å². The van der Waals surface area contributed by atoms with Crippen molar-refractivity contribution in [1.29, 1.82) is 0 Å². The number of fused-ring (bicyclic) bond motifs is 1. The number of rotatable bonds is 4. The van der Waals surface area contributed by atoms with Crippen molar-refractivity contribution in [1.82, 2.24) is 20.2 Å². The third kappa shape index (κ3) is 3.14. The number of nitrogens with one attached hydrogen (secondary N) is 2. The Balaban J connectivity index is 1.68. The average molecular weight is 306 g/mol. The first kappa shape index (κ1) is 14.2. The van der Waals surface area contributed by atoms with E-state index >= 15 is 0 Å². The van der Waals surface area contributed by atoms with Crippen LogP contribution >= 0.6 is 11.3 Å². The summed E-state index contributed by atoms with van der Waals surface area (Å²) in [6.07, 6.45) is 2.68. The van der Waals surface area contributed by atoms with Gasteiger partial charge in [0, 0.05) is 19.5 Å². The van der Waals surface area contributed by atoms with Gasteiger partial charge in [-0.2, -0.15) is 0 Å². The van der Waals surface area contributed by atoms with Gasteiger partial charge in [0.25, 0.3) is 5.56 Å². The van der Waals surface area contributed by atoms with Crippen molar-refractivity contribution in [3.05, 3.63) is 27.6 Å². The van der Waals surface area contributed by atoms with E-state index in [4.69, 9.17) is 0 Å². The monoisotopic (exact) mass is 306 g/mol. The molecule has 2 aromatic heterocycles. The summed E-state index contributed by atoms with van der Waals surface area (Å²) in [4.78, 5) is 32.8. The minimum atomic E-state index is -0.136. The largest absolute Gasteiger partial charge is 0.338 e. The standard InChI is InChI=1S/C14H18N4O2S/c1-18(12(19)7-9-3-2-5-15-9)8-11-16-10-4-6-21-13(10)14(20)17-11/h4,6,9,15H,2-3,5,7-8H2,1H3,(H,16,17,20). The van der Waals surface area contributed by atoms with Gasteiger partial charge >= 0.3 is 0 Å². The molecule has 2 N–H and O–H groups in total. The van der Waals surface area contributed by atoms with Gasteiger partial charge in [-0.15, -0.1) is 11.3 Å². The summed E-state index contributed by atoms with van der Waals surface area (Å²) in [5, 5.41) is 5.16. The predicted octanol–water partition coefficient (Wildman–Crippen LogP) is 1.09. The second-order valence-electron chi connectivity index (χ2n) is 5.39. The molecule has 0 aromatic carbocycles. The average Bonchev–Trinajstić information content (AvgIpc) is 3.09. The van der Waals surface area contributed by atoms with E-state index < -0.39 is 0 Å². The minimum Gasteiger partial charge on any atom is -0.338 e. The van der Waals surface area contributed by atoms with E-state index in [1.165, 1.54) is 11.3 Å². The van der Waals surface area contributed by atoms with Crippen LogP contribution in [0.15, 0.2) is 16.2 Å². The quantitative estimate of drug-likeness (QED) is 0.886. The van der Waals surface area contributed by atoms with Crippen LogP contribution in [0.3, 0.4) is 0 Å². The molecule has 0 radical (unpaired) electrons. The maximum atomic E-state index is 12.2. The van der Waals surface area contributed by atoms with Gasteiger partial charge in [0.2, 0.25) is 5.91 Å². The first-order valence-electron chi connectivity index (χ1n) is 7.07. The molecule has 1 fully saturated rings. The van der Waals surface area contributed by atoms with Crippen LogP contribution in [-0.2, 0) is 11.3 Å². The lowest BCUT2D eigenvalue weighted by atomic mass is 10.1. The fraction of sp³-hybridized carbons (Fsp3) is 0.500. The van der Waals surface area contributed by atoms with E-state index in [0.717, 1.165) is 19.4 Å². The zero-order chi connectivity index (χ0) is 14.8. The molecule has 112 valence electrons. The molecule has 0 spiro atoms. The Hall–Kier alpha value is -1.73. The van der Waals surface area contributed by atoms with Crippen molar-refractivity contribution >= 4 is 27.5 Å². The summed E-state index contributed by atoms with van der Waals surface area (Å²) >= 11 is 1.37. The first-order valence-corrected chi connectivity index (χ1v) is 7.95. The second-order valence-corrected chi connectivity index (χ2v) is 6.31. The highest BCUT2D eigenvalue weighted by molar-refractivity contribution is 7.17. The molecule has 1 aliphatic rings. The molecule has 1 saturated heterocycles. The molecule has 3 rings (SSSR count). The number of thiophene rings is 1. The van der Waals surface area contributed by atoms with E-state index in [-0.39, 0.29) is 17.5 Å². The molecule has 1 aliphatic heterocycles. The summed E-state index contributed by atoms with van der Waals surface area (Å²) in [6, 6.07) is 2.11. The number of carbonyl (C=O) groups is 1. The SMILES string of the molecule is CN(Cc1nc2ccsc2c(=O)[nH]1)C(=O)CC1CCCN1. The number of amides is 1. The Labute approximate surface area is 126 Å². The zero-order valence-corrected chi connectivity index (χ0v) is 12.7. The fourth-order valence-electron chi connectivity index (χ4n) is 2.61. The molecule has 3 heterocycles. The van der Waals surface area contributed by atoms with Crippen LogP contribution in [0.25, 0.3) is 10.2 Å². The maximum absolute atomic E-state index is 12.2. The molecule has 1 amide bonds. The van der Waals surface area contributed by atoms with E-state index in [1.54, 1.807) is 11.9 Å². The summed E-state index contributed by atoms with van der Waals surface area (Å²) in [7, 11) is 1.75. The van der Waals surface area contributed by atoms with Crippen molar-refractivity contribution in [2.75, 3.05) is 13.6 Å². The highest BCUT2D eigenvalue weighted by Crippen LogP contribution is 2.14. The molecule has 1 atom stereocenters. The lowest BCUT2D eigenvalue weighted by molar-refractivity contribution is -0.131. The van der Waals surface area contributed by atoms with Crippen molar-refractivity contribution in [3.8, 4) is 0 Å². The van der Waals surface area contributed by atoms with E-state index in [2.05, 4.69) is 15.3 Å². The molecular formula is C14H18N4O2S. The Bertz CT molecular complexity index is 702. The van der Waals surface area contributed by atoms with Crippen LogP contribution in [0, 0.1) is 0 Å². The minimum absolute atomic E-state index is 0.0717. The Morgan fingerprint density at radius 1 is 1.57 bits per heavy atom. The van der Waals surface area contributed by atoms with Crippen molar-refractivity contribution in [2.24, 2.45) is 0 Å². The lowest BCUT2D eigenvalue weighted by Gasteiger charge is -2.19. The lowest BCUT2D eigenvalue weighted by Crippen LogP contribution is -2.33. The predicted molar refractivity (Wildman–Crippen MR) is 82.4 cm³/mol. The van der Waals surface area contributed by atoms with Gasteiger partial charge in [0.05, 0.1) is 12.1 Å². The van der Waals surface area contributed by atoms with Gasteiger partial charge < -0.3 is 15.2 Å². The van der Waals surface area contributed by atoms with Crippen LogP contribution in [0.5, 0.6) is 0 Å². The molecular weight excluding hydrogens is 288 g/mol. The van der Waals surface area contributed by atoms with Crippen LogP contribution in [0.4, 0.5) is 0 Å². The van der Waals surface area contributed by atoms with E-state index in [0.29, 0.717) is 29.0 Å². The van der Waals surface area contributed by atoms with Gasteiger partial charge in [-0.1, -0.05) is 0 Å². The van der Waals surface area contributed by atoms with Gasteiger partial charge in [0.1, 0.15) is 10.5 Å². The van der Waals surface area contributed by atoms with Gasteiger partial charge in [-0.3, -0.25) is 9.59 Å². The molecule has 0 saturated carbocycles. The highest BCUT2D eigenvalue weighted by Gasteiger charge is 2.20. The van der Waals surface area contributed by atoms with Crippen molar-refractivity contribution in [3.63, 3.8) is 0 Å². The molecule has 2 aromatic rings. The van der Waals surface area contributed by atoms with E-state index in [9.17, 15) is 9.59 Å². The molecule has 21 heavy (non-hydrogen) atoms. The van der Waals surface area contributed by atoms with Gasteiger partial charge in [0.15, 0.2) is 0 Å². The second kappa shape index (κ2) is 5.95. The Kier molecular flexibility index (Phi) is 4.03. The molecule has 0 aliphatic carbocycles. The number of aromatic nitrogens is 2. The van der Waals surface area contributed by atoms with Crippen molar-refractivity contribution in [2.45, 2.75) is 31.8 Å². The molecule has 1 unspecified atom stereocenters. The summed E-state index contributed by atoms with van der Waals surface area (Å²) in [5.41, 5.74) is 0.556. The van der Waals surface area contributed by atoms with Gasteiger partial charge in [-0.25, -0.2) is 4.98 Å². The number of hydrogen-bond acceptors (Lipinski definition) is 5. The van der Waals surface area contributed by atoms with Crippen LogP contribution in [-0.4, -0.2) is 40.4 Å². The van der Waals surface area contributed by atoms with Crippen LogP contribution < -0.4 is 10.9 Å². The van der Waals surface area contributed by atoms with Gasteiger partial charge in [-0.05, 0) is 30.8 Å². The zero-order valence-electron chi connectivity index (χ0n) is 11.9. The fourth-order valence-corrected chi connectivity index (χ4v) is 3.33. The highest BCUT2D eigenvalue weighted by atomic mass is 32.1.